The number of benzene rings is 1. The molecular weight excluding hydrogens is 272 g/mol. The number of unbranched alkanes of at least 4 members (excludes halogenated alkanes) is 5. The molecule has 3 heteroatoms. The molecule has 0 aromatic heterocycles. The highest BCUT2D eigenvalue weighted by Crippen LogP contribution is 2.22. The molecule has 112 valence electrons. The van der Waals surface area contributed by atoms with Crippen molar-refractivity contribution in [3.8, 4) is 0 Å². The fraction of sp³-hybridized carbons (Fsp3) is 0.588. The summed E-state index contributed by atoms with van der Waals surface area (Å²) in [5.41, 5.74) is 0.938. The minimum atomic E-state index is -0.710. The average Bonchev–Trinajstić information content (AvgIpc) is 2.43. The molecule has 0 aliphatic carbocycles. The number of halogens is 1. The van der Waals surface area contributed by atoms with Gasteiger partial charge in [0.15, 0.2) is 0 Å². The zero-order chi connectivity index (χ0) is 14.8. The number of hydrogen-bond acceptors (Lipinski definition) is 1. The SMILES string of the molecule is CCCCCCCCC(Cc1ccccc1Cl)C(=O)O. The van der Waals surface area contributed by atoms with E-state index in [2.05, 4.69) is 6.92 Å². The van der Waals surface area contributed by atoms with Gasteiger partial charge in [-0.1, -0.05) is 75.2 Å². The van der Waals surface area contributed by atoms with Crippen molar-refractivity contribution in [2.45, 2.75) is 58.3 Å². The van der Waals surface area contributed by atoms with Crippen LogP contribution in [0.5, 0.6) is 0 Å². The molecule has 0 bridgehead atoms. The van der Waals surface area contributed by atoms with Gasteiger partial charge < -0.3 is 5.11 Å². The van der Waals surface area contributed by atoms with Crippen molar-refractivity contribution in [2.24, 2.45) is 5.92 Å². The maximum Gasteiger partial charge on any atom is 0.306 e. The molecule has 1 N–H and O–H groups in total. The first kappa shape index (κ1) is 17.0. The molecular formula is C17H25ClO2. The first-order valence-corrected chi connectivity index (χ1v) is 7.99. The van der Waals surface area contributed by atoms with E-state index in [1.807, 2.05) is 24.3 Å². The fourth-order valence-corrected chi connectivity index (χ4v) is 2.63. The summed E-state index contributed by atoms with van der Waals surface area (Å²) in [4.78, 5) is 11.3. The van der Waals surface area contributed by atoms with Gasteiger partial charge in [-0.2, -0.15) is 0 Å². The van der Waals surface area contributed by atoms with E-state index >= 15 is 0 Å². The Morgan fingerprint density at radius 3 is 2.45 bits per heavy atom. The smallest absolute Gasteiger partial charge is 0.306 e. The third kappa shape index (κ3) is 6.42. The van der Waals surface area contributed by atoms with Gasteiger partial charge in [-0.3, -0.25) is 4.79 Å². The second-order valence-corrected chi connectivity index (χ2v) is 5.79. The van der Waals surface area contributed by atoms with Crippen molar-refractivity contribution in [1.82, 2.24) is 0 Å². The van der Waals surface area contributed by atoms with Crippen LogP contribution in [0.25, 0.3) is 0 Å². The summed E-state index contributed by atoms with van der Waals surface area (Å²) in [6.07, 6.45) is 8.39. The van der Waals surface area contributed by atoms with Gasteiger partial charge in [0.05, 0.1) is 5.92 Å². The van der Waals surface area contributed by atoms with Crippen LogP contribution in [0.4, 0.5) is 0 Å². The van der Waals surface area contributed by atoms with E-state index in [0.29, 0.717) is 11.4 Å². The van der Waals surface area contributed by atoms with Gasteiger partial charge >= 0.3 is 5.97 Å². The predicted molar refractivity (Wildman–Crippen MR) is 84.3 cm³/mol. The molecule has 2 nitrogen and oxygen atoms in total. The quantitative estimate of drug-likeness (QED) is 0.592. The Hall–Kier alpha value is -1.02. The lowest BCUT2D eigenvalue weighted by Gasteiger charge is -2.13. The van der Waals surface area contributed by atoms with E-state index in [1.54, 1.807) is 0 Å². The van der Waals surface area contributed by atoms with Crippen molar-refractivity contribution >= 4 is 17.6 Å². The van der Waals surface area contributed by atoms with Crippen LogP contribution in [-0.4, -0.2) is 11.1 Å². The molecule has 0 spiro atoms. The molecule has 1 aromatic carbocycles. The maximum atomic E-state index is 11.3. The Morgan fingerprint density at radius 1 is 1.15 bits per heavy atom. The summed E-state index contributed by atoms with van der Waals surface area (Å²) in [6.45, 7) is 2.20. The van der Waals surface area contributed by atoms with Crippen molar-refractivity contribution in [1.29, 1.82) is 0 Å². The van der Waals surface area contributed by atoms with Crippen LogP contribution >= 0.6 is 11.6 Å². The van der Waals surface area contributed by atoms with Crippen LogP contribution < -0.4 is 0 Å². The van der Waals surface area contributed by atoms with Gasteiger partial charge in [0.1, 0.15) is 0 Å². The fourth-order valence-electron chi connectivity index (χ4n) is 2.41. The van der Waals surface area contributed by atoms with Gasteiger partial charge in [0.25, 0.3) is 0 Å². The van der Waals surface area contributed by atoms with E-state index in [4.69, 9.17) is 11.6 Å². The lowest BCUT2D eigenvalue weighted by atomic mass is 9.93. The zero-order valence-electron chi connectivity index (χ0n) is 12.3. The maximum absolute atomic E-state index is 11.3. The summed E-state index contributed by atoms with van der Waals surface area (Å²) < 4.78 is 0. The van der Waals surface area contributed by atoms with Crippen molar-refractivity contribution in [3.63, 3.8) is 0 Å². The van der Waals surface area contributed by atoms with E-state index in [-0.39, 0.29) is 5.92 Å². The number of rotatable bonds is 10. The average molecular weight is 297 g/mol. The molecule has 0 saturated carbocycles. The molecule has 20 heavy (non-hydrogen) atoms. The Balaban J connectivity index is 2.38. The molecule has 0 amide bonds. The number of carbonyl (C=O) groups is 1. The normalized spacial score (nSPS) is 12.3. The highest BCUT2D eigenvalue weighted by atomic mass is 35.5. The van der Waals surface area contributed by atoms with Gasteiger partial charge in [0.2, 0.25) is 0 Å². The second-order valence-electron chi connectivity index (χ2n) is 5.39. The summed E-state index contributed by atoms with van der Waals surface area (Å²) >= 11 is 6.10. The van der Waals surface area contributed by atoms with E-state index in [9.17, 15) is 9.90 Å². The Labute approximate surface area is 127 Å². The van der Waals surface area contributed by atoms with Crippen molar-refractivity contribution < 1.29 is 9.90 Å². The number of carboxylic acid groups (broad SMARTS) is 1. The number of aliphatic carboxylic acids is 1. The molecule has 1 unspecified atom stereocenters. The molecule has 1 rings (SSSR count). The number of carboxylic acids is 1. The lowest BCUT2D eigenvalue weighted by Crippen LogP contribution is -2.16. The van der Waals surface area contributed by atoms with Gasteiger partial charge in [0, 0.05) is 5.02 Å². The van der Waals surface area contributed by atoms with Gasteiger partial charge in [-0.05, 0) is 24.5 Å². The van der Waals surface area contributed by atoms with E-state index < -0.39 is 5.97 Å². The van der Waals surface area contributed by atoms with Crippen molar-refractivity contribution in [3.05, 3.63) is 34.9 Å². The monoisotopic (exact) mass is 296 g/mol. The molecule has 1 atom stereocenters. The molecule has 0 heterocycles. The third-order valence-electron chi connectivity index (χ3n) is 3.68. The minimum Gasteiger partial charge on any atom is -0.481 e. The van der Waals surface area contributed by atoms with Crippen LogP contribution in [0.2, 0.25) is 5.02 Å². The van der Waals surface area contributed by atoms with Crippen LogP contribution in [0.15, 0.2) is 24.3 Å². The third-order valence-corrected chi connectivity index (χ3v) is 4.05. The molecule has 1 aromatic rings. The predicted octanol–water partition coefficient (Wildman–Crippen LogP) is 5.33. The Bertz CT molecular complexity index is 404. The largest absolute Gasteiger partial charge is 0.481 e. The van der Waals surface area contributed by atoms with Crippen LogP contribution in [-0.2, 0) is 11.2 Å². The Morgan fingerprint density at radius 2 is 1.80 bits per heavy atom. The molecule has 0 radical (unpaired) electrons. The summed E-state index contributed by atoms with van der Waals surface area (Å²) in [5, 5.41) is 9.99. The second kappa shape index (κ2) is 9.82. The molecule has 0 fully saturated rings. The summed E-state index contributed by atoms with van der Waals surface area (Å²) in [5.74, 6) is -1.03. The molecule has 0 saturated heterocycles. The lowest BCUT2D eigenvalue weighted by molar-refractivity contribution is -0.142. The summed E-state index contributed by atoms with van der Waals surface area (Å²) in [6, 6.07) is 7.51. The number of hydrogen-bond donors (Lipinski definition) is 1. The standard InChI is InChI=1S/C17H25ClO2/c1-2-3-4-5-6-7-11-15(17(19)20)13-14-10-8-9-12-16(14)18/h8-10,12,15H,2-7,11,13H2,1H3,(H,19,20). The van der Waals surface area contributed by atoms with Crippen LogP contribution in [0.1, 0.15) is 57.4 Å². The highest BCUT2D eigenvalue weighted by molar-refractivity contribution is 6.31. The van der Waals surface area contributed by atoms with E-state index in [1.165, 1.54) is 25.7 Å². The van der Waals surface area contributed by atoms with Crippen molar-refractivity contribution in [2.75, 3.05) is 0 Å². The van der Waals surface area contributed by atoms with E-state index in [0.717, 1.165) is 24.8 Å². The molecule has 0 aliphatic heterocycles. The van der Waals surface area contributed by atoms with Gasteiger partial charge in [-0.15, -0.1) is 0 Å². The first-order valence-electron chi connectivity index (χ1n) is 7.61. The summed E-state index contributed by atoms with van der Waals surface area (Å²) in [7, 11) is 0. The minimum absolute atomic E-state index is 0.318. The first-order chi connectivity index (χ1) is 9.65. The highest BCUT2D eigenvalue weighted by Gasteiger charge is 2.18. The molecule has 0 aliphatic rings. The Kier molecular flexibility index (Phi) is 8.36. The van der Waals surface area contributed by atoms with Crippen LogP contribution in [0, 0.1) is 5.92 Å². The zero-order valence-corrected chi connectivity index (χ0v) is 13.0. The van der Waals surface area contributed by atoms with Gasteiger partial charge in [-0.25, -0.2) is 0 Å². The van der Waals surface area contributed by atoms with Crippen LogP contribution in [0.3, 0.4) is 0 Å². The topological polar surface area (TPSA) is 37.3 Å².